The van der Waals surface area contributed by atoms with Crippen LogP contribution in [0.25, 0.3) is 0 Å². The van der Waals surface area contributed by atoms with Crippen LogP contribution in [0.5, 0.6) is 5.75 Å². The highest BCUT2D eigenvalue weighted by atomic mass is 16.5. The molecule has 1 N–H and O–H groups in total. The number of amides is 1. The Hall–Kier alpha value is -2.30. The van der Waals surface area contributed by atoms with Gasteiger partial charge in [0, 0.05) is 18.2 Å². The molecule has 1 aromatic carbocycles. The number of nitrogens with zero attached hydrogens (tertiary/aromatic N) is 2. The van der Waals surface area contributed by atoms with Crippen LogP contribution in [0.3, 0.4) is 0 Å². The number of ether oxygens (including phenoxy) is 1. The fraction of sp³-hybridized carbons (Fsp3) is 0.444. The highest BCUT2D eigenvalue weighted by Gasteiger charge is 2.11. The molecule has 0 saturated heterocycles. The molecule has 23 heavy (non-hydrogen) atoms. The molecule has 124 valence electrons. The average Bonchev–Trinajstić information content (AvgIpc) is 2.82. The zero-order valence-electron chi connectivity index (χ0n) is 14.3. The van der Waals surface area contributed by atoms with Crippen LogP contribution in [0.2, 0.25) is 0 Å². The lowest BCUT2D eigenvalue weighted by molar-refractivity contribution is -0.121. The van der Waals surface area contributed by atoms with Gasteiger partial charge in [0.25, 0.3) is 0 Å². The molecule has 1 aromatic heterocycles. The van der Waals surface area contributed by atoms with E-state index in [2.05, 4.69) is 10.4 Å². The highest BCUT2D eigenvalue weighted by Crippen LogP contribution is 2.18. The van der Waals surface area contributed by atoms with E-state index in [1.54, 1.807) is 7.11 Å². The minimum absolute atomic E-state index is 0.0400. The van der Waals surface area contributed by atoms with Gasteiger partial charge in [-0.25, -0.2) is 0 Å². The van der Waals surface area contributed by atoms with Gasteiger partial charge >= 0.3 is 0 Å². The van der Waals surface area contributed by atoms with Crippen LogP contribution >= 0.6 is 0 Å². The summed E-state index contributed by atoms with van der Waals surface area (Å²) in [5, 5.41) is 7.45. The van der Waals surface area contributed by atoms with E-state index in [0.29, 0.717) is 19.4 Å². The second-order valence-electron chi connectivity index (χ2n) is 5.89. The molecular weight excluding hydrogens is 290 g/mol. The number of rotatable bonds is 7. The number of methoxy groups -OCH3 is 1. The van der Waals surface area contributed by atoms with Gasteiger partial charge in [0.15, 0.2) is 0 Å². The van der Waals surface area contributed by atoms with Gasteiger partial charge in [-0.2, -0.15) is 5.10 Å². The third kappa shape index (κ3) is 4.84. The lowest BCUT2D eigenvalue weighted by Gasteiger charge is -2.15. The van der Waals surface area contributed by atoms with Gasteiger partial charge in [-0.15, -0.1) is 0 Å². The van der Waals surface area contributed by atoms with Gasteiger partial charge in [-0.1, -0.05) is 18.2 Å². The maximum atomic E-state index is 12.1. The molecule has 1 atom stereocenters. The van der Waals surface area contributed by atoms with Crippen molar-refractivity contribution in [3.05, 3.63) is 47.3 Å². The predicted octanol–water partition coefficient (Wildman–Crippen LogP) is 2.65. The SMILES string of the molecule is COc1ccccc1CCC(=O)NC(C)Cn1nc(C)cc1C. The van der Waals surface area contributed by atoms with E-state index in [4.69, 9.17) is 4.74 Å². The standard InChI is InChI=1S/C18H25N3O2/c1-13-11-15(3)21(20-13)12-14(2)19-18(22)10-9-16-7-5-6-8-17(16)23-4/h5-8,11,14H,9-10,12H2,1-4H3,(H,19,22). The Kier molecular flexibility index (Phi) is 5.79. The quantitative estimate of drug-likeness (QED) is 0.854. The molecule has 0 aliphatic heterocycles. The van der Waals surface area contributed by atoms with Gasteiger partial charge in [0.2, 0.25) is 5.91 Å². The van der Waals surface area contributed by atoms with E-state index >= 15 is 0 Å². The Bertz CT molecular complexity index is 664. The van der Waals surface area contributed by atoms with Crippen molar-refractivity contribution in [3.8, 4) is 5.75 Å². The Balaban J connectivity index is 1.83. The van der Waals surface area contributed by atoms with E-state index in [0.717, 1.165) is 22.7 Å². The van der Waals surface area contributed by atoms with Crippen molar-refractivity contribution in [3.63, 3.8) is 0 Å². The number of aromatic nitrogens is 2. The zero-order valence-corrected chi connectivity index (χ0v) is 14.3. The summed E-state index contributed by atoms with van der Waals surface area (Å²) in [6, 6.07) is 9.87. The van der Waals surface area contributed by atoms with Crippen LogP contribution in [0.15, 0.2) is 30.3 Å². The van der Waals surface area contributed by atoms with Crippen LogP contribution in [0.1, 0.15) is 30.3 Å². The fourth-order valence-corrected chi connectivity index (χ4v) is 2.67. The fourth-order valence-electron chi connectivity index (χ4n) is 2.67. The summed E-state index contributed by atoms with van der Waals surface area (Å²) in [5.41, 5.74) is 3.16. The lowest BCUT2D eigenvalue weighted by atomic mass is 10.1. The molecule has 2 rings (SSSR count). The number of nitrogens with one attached hydrogen (secondary N) is 1. The Morgan fingerprint density at radius 3 is 2.74 bits per heavy atom. The first kappa shape index (κ1) is 17.1. The summed E-state index contributed by atoms with van der Waals surface area (Å²) in [6.45, 7) is 6.67. The third-order valence-corrected chi connectivity index (χ3v) is 3.77. The second-order valence-corrected chi connectivity index (χ2v) is 5.89. The van der Waals surface area contributed by atoms with Gasteiger partial charge in [0.05, 0.1) is 19.3 Å². The summed E-state index contributed by atoms with van der Waals surface area (Å²) in [5.74, 6) is 0.876. The molecule has 5 heteroatoms. The smallest absolute Gasteiger partial charge is 0.220 e. The summed E-state index contributed by atoms with van der Waals surface area (Å²) >= 11 is 0. The summed E-state index contributed by atoms with van der Waals surface area (Å²) in [4.78, 5) is 12.1. The number of benzene rings is 1. The van der Waals surface area contributed by atoms with Crippen molar-refractivity contribution in [2.75, 3.05) is 7.11 Å². The van der Waals surface area contributed by atoms with Crippen LogP contribution in [0, 0.1) is 13.8 Å². The molecule has 0 spiro atoms. The molecule has 0 saturated carbocycles. The topological polar surface area (TPSA) is 56.1 Å². The monoisotopic (exact) mass is 315 g/mol. The minimum Gasteiger partial charge on any atom is -0.496 e. The first-order valence-electron chi connectivity index (χ1n) is 7.92. The van der Waals surface area contributed by atoms with Crippen LogP contribution in [-0.2, 0) is 17.8 Å². The Morgan fingerprint density at radius 1 is 1.35 bits per heavy atom. The number of carbonyl (C=O) groups is 1. The van der Waals surface area contributed by atoms with Crippen LogP contribution in [-0.4, -0.2) is 28.8 Å². The first-order valence-corrected chi connectivity index (χ1v) is 7.92. The van der Waals surface area contributed by atoms with Crippen molar-refractivity contribution in [1.29, 1.82) is 0 Å². The number of para-hydroxylation sites is 1. The Morgan fingerprint density at radius 2 is 2.09 bits per heavy atom. The summed E-state index contributed by atoms with van der Waals surface area (Å²) in [7, 11) is 1.65. The van der Waals surface area contributed by atoms with Gasteiger partial charge in [-0.3, -0.25) is 9.48 Å². The van der Waals surface area contributed by atoms with Crippen molar-refractivity contribution in [2.24, 2.45) is 0 Å². The van der Waals surface area contributed by atoms with Gasteiger partial charge < -0.3 is 10.1 Å². The van der Waals surface area contributed by atoms with E-state index in [1.807, 2.05) is 55.8 Å². The number of hydrogen-bond acceptors (Lipinski definition) is 3. The minimum atomic E-state index is 0.0400. The van der Waals surface area contributed by atoms with Crippen molar-refractivity contribution >= 4 is 5.91 Å². The maximum absolute atomic E-state index is 12.1. The van der Waals surface area contributed by atoms with Crippen molar-refractivity contribution < 1.29 is 9.53 Å². The normalized spacial score (nSPS) is 12.0. The van der Waals surface area contributed by atoms with E-state index in [9.17, 15) is 4.79 Å². The summed E-state index contributed by atoms with van der Waals surface area (Å²) < 4.78 is 7.24. The number of hydrogen-bond donors (Lipinski definition) is 1. The predicted molar refractivity (Wildman–Crippen MR) is 90.6 cm³/mol. The van der Waals surface area contributed by atoms with Gasteiger partial charge in [-0.05, 0) is 44.9 Å². The molecule has 1 heterocycles. The largest absolute Gasteiger partial charge is 0.496 e. The Labute approximate surface area is 137 Å². The number of aryl methyl sites for hydroxylation is 3. The molecule has 0 fully saturated rings. The molecule has 2 aromatic rings. The van der Waals surface area contributed by atoms with Crippen molar-refractivity contribution in [2.45, 2.75) is 46.2 Å². The molecule has 1 amide bonds. The van der Waals surface area contributed by atoms with E-state index in [1.165, 1.54) is 0 Å². The van der Waals surface area contributed by atoms with Crippen LogP contribution < -0.4 is 10.1 Å². The molecule has 5 nitrogen and oxygen atoms in total. The molecule has 1 unspecified atom stereocenters. The molecule has 0 aliphatic carbocycles. The van der Waals surface area contributed by atoms with E-state index < -0.39 is 0 Å². The highest BCUT2D eigenvalue weighted by molar-refractivity contribution is 5.76. The molecule has 0 aliphatic rings. The molecular formula is C18H25N3O2. The van der Waals surface area contributed by atoms with Crippen LogP contribution in [0.4, 0.5) is 0 Å². The summed E-state index contributed by atoms with van der Waals surface area (Å²) in [6.07, 6.45) is 1.12. The molecule has 0 bridgehead atoms. The zero-order chi connectivity index (χ0) is 16.8. The van der Waals surface area contributed by atoms with Gasteiger partial charge in [0.1, 0.15) is 5.75 Å². The third-order valence-electron chi connectivity index (χ3n) is 3.77. The second kappa shape index (κ2) is 7.81. The first-order chi connectivity index (χ1) is 11.0. The molecule has 0 radical (unpaired) electrons. The lowest BCUT2D eigenvalue weighted by Crippen LogP contribution is -2.36. The van der Waals surface area contributed by atoms with E-state index in [-0.39, 0.29) is 11.9 Å². The van der Waals surface area contributed by atoms with Crippen molar-refractivity contribution in [1.82, 2.24) is 15.1 Å². The maximum Gasteiger partial charge on any atom is 0.220 e. The number of carbonyl (C=O) groups excluding carboxylic acids is 1. The average molecular weight is 315 g/mol.